The third-order valence-corrected chi connectivity index (χ3v) is 2.76. The molecule has 0 aliphatic carbocycles. The van der Waals surface area contributed by atoms with Crippen molar-refractivity contribution in [1.82, 2.24) is 14.9 Å². The Balaban J connectivity index is 2.04. The molecule has 0 amide bonds. The second kappa shape index (κ2) is 4.57. The van der Waals surface area contributed by atoms with E-state index in [1.165, 1.54) is 18.5 Å². The lowest BCUT2D eigenvalue weighted by Gasteiger charge is -2.13. The van der Waals surface area contributed by atoms with E-state index in [0.717, 1.165) is 26.1 Å². The summed E-state index contributed by atoms with van der Waals surface area (Å²) in [4.78, 5) is 4.20. The molecule has 2 heterocycles. The molecule has 1 aliphatic heterocycles. The Morgan fingerprint density at radius 1 is 1.64 bits per heavy atom. The minimum Gasteiger partial charge on any atom is -0.333 e. The van der Waals surface area contributed by atoms with Gasteiger partial charge in [-0.3, -0.25) is 0 Å². The van der Waals surface area contributed by atoms with E-state index in [0.29, 0.717) is 6.04 Å². The average Bonchev–Trinajstić information content (AvgIpc) is 2.84. The molecule has 1 aromatic rings. The monoisotopic (exact) mass is 194 g/mol. The van der Waals surface area contributed by atoms with Gasteiger partial charge < -0.3 is 15.6 Å². The van der Waals surface area contributed by atoms with Gasteiger partial charge in [0.2, 0.25) is 0 Å². The molecule has 0 radical (unpaired) electrons. The van der Waals surface area contributed by atoms with Gasteiger partial charge in [0.1, 0.15) is 0 Å². The lowest BCUT2D eigenvalue weighted by atomic mass is 10.2. The van der Waals surface area contributed by atoms with Crippen LogP contribution in [0.2, 0.25) is 0 Å². The number of nitrogens with zero attached hydrogens (tertiary/aromatic N) is 2. The Bertz CT molecular complexity index is 275. The van der Waals surface area contributed by atoms with E-state index in [1.54, 1.807) is 0 Å². The number of nitrogens with one attached hydrogen (secondary N) is 1. The summed E-state index contributed by atoms with van der Waals surface area (Å²) in [6.07, 6.45) is 7.40. The Morgan fingerprint density at radius 2 is 2.57 bits per heavy atom. The molecule has 1 atom stereocenters. The number of aryl methyl sites for hydroxylation is 1. The van der Waals surface area contributed by atoms with E-state index in [9.17, 15) is 0 Å². The number of nitrogens with two attached hydrogens (primary N) is 1. The predicted molar refractivity (Wildman–Crippen MR) is 55.9 cm³/mol. The molecule has 3 N–H and O–H groups in total. The molecule has 1 fully saturated rings. The summed E-state index contributed by atoms with van der Waals surface area (Å²) in [5, 5.41) is 3.48. The zero-order valence-corrected chi connectivity index (χ0v) is 8.45. The summed E-state index contributed by atoms with van der Waals surface area (Å²) in [5.74, 6) is 0. The number of hydrogen-bond acceptors (Lipinski definition) is 3. The van der Waals surface area contributed by atoms with Crippen LogP contribution in [0, 0.1) is 0 Å². The van der Waals surface area contributed by atoms with Crippen LogP contribution < -0.4 is 11.1 Å². The standard InChI is InChI=1S/C10H18N4/c11-4-2-6-14-8-12-7-10(14)9-3-1-5-13-9/h7-9,13H,1-6,11H2. The maximum atomic E-state index is 5.50. The fraction of sp³-hybridized carbons (Fsp3) is 0.700. The summed E-state index contributed by atoms with van der Waals surface area (Å²) in [7, 11) is 0. The molecule has 1 saturated heterocycles. The van der Waals surface area contributed by atoms with Crippen molar-refractivity contribution in [2.45, 2.75) is 31.8 Å². The molecule has 4 heteroatoms. The Kier molecular flexibility index (Phi) is 3.16. The predicted octanol–water partition coefficient (Wildman–Crippen LogP) is 0.656. The van der Waals surface area contributed by atoms with Gasteiger partial charge in [0.15, 0.2) is 0 Å². The van der Waals surface area contributed by atoms with Crippen molar-refractivity contribution in [1.29, 1.82) is 0 Å². The largest absolute Gasteiger partial charge is 0.333 e. The highest BCUT2D eigenvalue weighted by Crippen LogP contribution is 2.22. The normalized spacial score (nSPS) is 21.6. The maximum absolute atomic E-state index is 5.50. The number of aromatic nitrogens is 2. The van der Waals surface area contributed by atoms with E-state index in [2.05, 4.69) is 14.9 Å². The number of rotatable bonds is 4. The first-order valence-corrected chi connectivity index (χ1v) is 5.35. The summed E-state index contributed by atoms with van der Waals surface area (Å²) < 4.78 is 2.22. The molecule has 14 heavy (non-hydrogen) atoms. The van der Waals surface area contributed by atoms with Crippen molar-refractivity contribution in [3.8, 4) is 0 Å². The van der Waals surface area contributed by atoms with E-state index in [4.69, 9.17) is 5.73 Å². The Labute approximate surface area is 84.5 Å². The first-order valence-electron chi connectivity index (χ1n) is 5.35. The van der Waals surface area contributed by atoms with Crippen LogP contribution in [0.5, 0.6) is 0 Å². The molecule has 1 aromatic heterocycles. The molecule has 1 unspecified atom stereocenters. The Morgan fingerprint density at radius 3 is 3.29 bits per heavy atom. The first kappa shape index (κ1) is 9.68. The topological polar surface area (TPSA) is 55.9 Å². The van der Waals surface area contributed by atoms with Crippen LogP contribution >= 0.6 is 0 Å². The Hall–Kier alpha value is -0.870. The highest BCUT2D eigenvalue weighted by Gasteiger charge is 2.19. The number of imidazole rings is 1. The van der Waals surface area contributed by atoms with E-state index in [1.807, 2.05) is 12.5 Å². The zero-order chi connectivity index (χ0) is 9.80. The van der Waals surface area contributed by atoms with Crippen LogP contribution in [0.1, 0.15) is 31.0 Å². The average molecular weight is 194 g/mol. The second-order valence-corrected chi connectivity index (χ2v) is 3.80. The van der Waals surface area contributed by atoms with Crippen LogP contribution in [0.25, 0.3) is 0 Å². The van der Waals surface area contributed by atoms with Crippen molar-refractivity contribution < 1.29 is 0 Å². The minimum absolute atomic E-state index is 0.510. The van der Waals surface area contributed by atoms with Crippen LogP contribution in [-0.2, 0) is 6.54 Å². The van der Waals surface area contributed by atoms with Crippen molar-refractivity contribution in [3.63, 3.8) is 0 Å². The third kappa shape index (κ3) is 1.96. The van der Waals surface area contributed by atoms with Gasteiger partial charge in [0.25, 0.3) is 0 Å². The molecule has 78 valence electrons. The highest BCUT2D eigenvalue weighted by atomic mass is 15.1. The quantitative estimate of drug-likeness (QED) is 0.740. The molecule has 0 aromatic carbocycles. The van der Waals surface area contributed by atoms with Gasteiger partial charge in [-0.15, -0.1) is 0 Å². The molecular formula is C10H18N4. The third-order valence-electron chi connectivity index (χ3n) is 2.76. The van der Waals surface area contributed by atoms with Crippen LogP contribution in [0.4, 0.5) is 0 Å². The fourth-order valence-corrected chi connectivity index (χ4v) is 2.01. The molecule has 0 saturated carbocycles. The van der Waals surface area contributed by atoms with Gasteiger partial charge in [0.05, 0.1) is 12.0 Å². The van der Waals surface area contributed by atoms with Gasteiger partial charge in [-0.25, -0.2) is 4.98 Å². The maximum Gasteiger partial charge on any atom is 0.0948 e. The van der Waals surface area contributed by atoms with Gasteiger partial charge in [-0.2, -0.15) is 0 Å². The van der Waals surface area contributed by atoms with Crippen LogP contribution in [0.3, 0.4) is 0 Å². The summed E-state index contributed by atoms with van der Waals surface area (Å²) in [5.41, 5.74) is 6.81. The summed E-state index contributed by atoms with van der Waals surface area (Å²) in [6.45, 7) is 2.87. The first-order chi connectivity index (χ1) is 6.92. The van der Waals surface area contributed by atoms with Crippen molar-refractivity contribution in [3.05, 3.63) is 18.2 Å². The lowest BCUT2D eigenvalue weighted by Crippen LogP contribution is -2.17. The van der Waals surface area contributed by atoms with Crippen molar-refractivity contribution >= 4 is 0 Å². The lowest BCUT2D eigenvalue weighted by molar-refractivity contribution is 0.551. The second-order valence-electron chi connectivity index (χ2n) is 3.80. The zero-order valence-electron chi connectivity index (χ0n) is 8.45. The minimum atomic E-state index is 0.510. The highest BCUT2D eigenvalue weighted by molar-refractivity contribution is 5.07. The van der Waals surface area contributed by atoms with Crippen LogP contribution in [0.15, 0.2) is 12.5 Å². The molecule has 1 aliphatic rings. The van der Waals surface area contributed by atoms with E-state index in [-0.39, 0.29) is 0 Å². The SMILES string of the molecule is NCCCn1cncc1C1CCCN1. The van der Waals surface area contributed by atoms with Gasteiger partial charge in [-0.05, 0) is 32.4 Å². The summed E-state index contributed by atoms with van der Waals surface area (Å²) >= 11 is 0. The smallest absolute Gasteiger partial charge is 0.0948 e. The van der Waals surface area contributed by atoms with E-state index < -0.39 is 0 Å². The van der Waals surface area contributed by atoms with Crippen molar-refractivity contribution in [2.24, 2.45) is 5.73 Å². The number of hydrogen-bond donors (Lipinski definition) is 2. The molecule has 0 spiro atoms. The molecule has 4 nitrogen and oxygen atoms in total. The van der Waals surface area contributed by atoms with Gasteiger partial charge in [0, 0.05) is 18.8 Å². The molecular weight excluding hydrogens is 176 g/mol. The molecule has 0 bridgehead atoms. The summed E-state index contributed by atoms with van der Waals surface area (Å²) in [6, 6.07) is 0.510. The van der Waals surface area contributed by atoms with Gasteiger partial charge in [-0.1, -0.05) is 0 Å². The van der Waals surface area contributed by atoms with Crippen molar-refractivity contribution in [2.75, 3.05) is 13.1 Å². The fourth-order valence-electron chi connectivity index (χ4n) is 2.01. The van der Waals surface area contributed by atoms with Crippen LogP contribution in [-0.4, -0.2) is 22.6 Å². The van der Waals surface area contributed by atoms with E-state index >= 15 is 0 Å². The molecule has 2 rings (SSSR count). The van der Waals surface area contributed by atoms with Gasteiger partial charge >= 0.3 is 0 Å².